The molecule has 0 aromatic carbocycles. The van der Waals surface area contributed by atoms with Crippen LogP contribution in [-0.2, 0) is 9.53 Å². The number of carboxylic acid groups (broad SMARTS) is 1. The summed E-state index contributed by atoms with van der Waals surface area (Å²) in [4.78, 5) is 15.9. The van der Waals surface area contributed by atoms with Gasteiger partial charge in [0.15, 0.2) is 6.10 Å². The third-order valence-corrected chi connectivity index (χ3v) is 4.22. The van der Waals surface area contributed by atoms with E-state index in [-0.39, 0.29) is 0 Å². The average Bonchev–Trinajstić information content (AvgIpc) is 2.88. The van der Waals surface area contributed by atoms with Crippen LogP contribution in [0.15, 0.2) is 0 Å². The van der Waals surface area contributed by atoms with E-state index in [1.165, 1.54) is 38.8 Å². The minimum atomic E-state index is -0.844. The first kappa shape index (κ1) is 14.8. The molecule has 110 valence electrons. The average molecular weight is 270 g/mol. The van der Waals surface area contributed by atoms with E-state index in [0.717, 1.165) is 13.1 Å². The Labute approximate surface area is 115 Å². The van der Waals surface area contributed by atoms with Crippen LogP contribution in [0.5, 0.6) is 0 Å². The fraction of sp³-hybridized carbons (Fsp3) is 0.929. The summed E-state index contributed by atoms with van der Waals surface area (Å²) < 4.78 is 5.29. The van der Waals surface area contributed by atoms with Gasteiger partial charge in [0.25, 0.3) is 0 Å². The zero-order valence-corrected chi connectivity index (χ0v) is 11.9. The fourth-order valence-corrected chi connectivity index (χ4v) is 3.20. The molecular formula is C14H26N2O3. The Morgan fingerprint density at radius 1 is 1.32 bits per heavy atom. The first-order valence-electron chi connectivity index (χ1n) is 7.51. The van der Waals surface area contributed by atoms with E-state index >= 15 is 0 Å². The molecule has 1 N–H and O–H groups in total. The number of ether oxygens (including phenoxy) is 1. The lowest BCUT2D eigenvalue weighted by atomic mass is 10.1. The van der Waals surface area contributed by atoms with Gasteiger partial charge in [-0.05, 0) is 45.8 Å². The predicted octanol–water partition coefficient (Wildman–Crippen LogP) is 1.04. The highest BCUT2D eigenvalue weighted by molar-refractivity contribution is 5.72. The van der Waals surface area contributed by atoms with Gasteiger partial charge in [-0.2, -0.15) is 0 Å². The molecule has 2 aliphatic rings. The number of piperidine rings is 1. The number of nitrogens with zero attached hydrogens (tertiary/aromatic N) is 2. The molecule has 2 fully saturated rings. The Morgan fingerprint density at radius 2 is 2.05 bits per heavy atom. The standard InChI is InChI=1S/C14H26N2O3/c1-2-19-13(14(17)18)11-15-9-6-12(10-15)16-7-4-3-5-8-16/h12-13H,2-11H2,1H3,(H,17,18). The molecule has 0 spiro atoms. The van der Waals surface area contributed by atoms with Crippen LogP contribution in [0.25, 0.3) is 0 Å². The van der Waals surface area contributed by atoms with Crippen molar-refractivity contribution in [2.24, 2.45) is 0 Å². The van der Waals surface area contributed by atoms with Crippen molar-refractivity contribution < 1.29 is 14.6 Å². The molecule has 2 aliphatic heterocycles. The molecule has 0 saturated carbocycles. The van der Waals surface area contributed by atoms with E-state index in [4.69, 9.17) is 9.84 Å². The second-order valence-electron chi connectivity index (χ2n) is 5.58. The summed E-state index contributed by atoms with van der Waals surface area (Å²) in [5, 5.41) is 9.12. The largest absolute Gasteiger partial charge is 0.479 e. The van der Waals surface area contributed by atoms with Gasteiger partial charge in [-0.3, -0.25) is 9.80 Å². The highest BCUT2D eigenvalue weighted by Gasteiger charge is 2.31. The molecule has 0 aromatic heterocycles. The number of carboxylic acids is 1. The highest BCUT2D eigenvalue weighted by atomic mass is 16.5. The van der Waals surface area contributed by atoms with E-state index < -0.39 is 12.1 Å². The quantitative estimate of drug-likeness (QED) is 0.781. The topological polar surface area (TPSA) is 53.0 Å². The summed E-state index contributed by atoms with van der Waals surface area (Å²) in [5.41, 5.74) is 0. The highest BCUT2D eigenvalue weighted by Crippen LogP contribution is 2.20. The van der Waals surface area contributed by atoms with Crippen molar-refractivity contribution in [3.8, 4) is 0 Å². The predicted molar refractivity (Wildman–Crippen MR) is 73.3 cm³/mol. The summed E-state index contributed by atoms with van der Waals surface area (Å²) in [6.07, 6.45) is 4.47. The van der Waals surface area contributed by atoms with Gasteiger partial charge in [-0.1, -0.05) is 6.42 Å². The molecule has 2 atom stereocenters. The van der Waals surface area contributed by atoms with Gasteiger partial charge >= 0.3 is 5.97 Å². The number of hydrogen-bond acceptors (Lipinski definition) is 4. The molecule has 2 heterocycles. The molecular weight excluding hydrogens is 244 g/mol. The van der Waals surface area contributed by atoms with Gasteiger partial charge in [0, 0.05) is 25.7 Å². The molecule has 5 heteroatoms. The summed E-state index contributed by atoms with van der Waals surface area (Å²) in [6.45, 7) is 7.25. The Balaban J connectivity index is 1.78. The van der Waals surface area contributed by atoms with Crippen molar-refractivity contribution in [1.82, 2.24) is 9.80 Å². The lowest BCUT2D eigenvalue weighted by molar-refractivity contribution is -0.151. The van der Waals surface area contributed by atoms with E-state index in [2.05, 4.69) is 9.80 Å². The molecule has 0 amide bonds. The Kier molecular flexibility index (Phi) is 5.60. The summed E-state index contributed by atoms with van der Waals surface area (Å²) in [5.74, 6) is -0.844. The first-order valence-corrected chi connectivity index (χ1v) is 7.51. The van der Waals surface area contributed by atoms with Crippen molar-refractivity contribution in [3.05, 3.63) is 0 Å². The van der Waals surface area contributed by atoms with Crippen molar-refractivity contribution in [2.75, 3.05) is 39.3 Å². The number of carbonyl (C=O) groups is 1. The van der Waals surface area contributed by atoms with Crippen LogP contribution < -0.4 is 0 Å². The molecule has 2 saturated heterocycles. The lowest BCUT2D eigenvalue weighted by Gasteiger charge is -2.32. The zero-order chi connectivity index (χ0) is 13.7. The summed E-state index contributed by atoms with van der Waals surface area (Å²) in [7, 11) is 0. The van der Waals surface area contributed by atoms with Crippen LogP contribution in [0, 0.1) is 0 Å². The smallest absolute Gasteiger partial charge is 0.334 e. The third kappa shape index (κ3) is 4.16. The number of aliphatic carboxylic acids is 1. The van der Waals surface area contributed by atoms with Crippen LogP contribution >= 0.6 is 0 Å². The van der Waals surface area contributed by atoms with E-state index in [1.807, 2.05) is 6.92 Å². The van der Waals surface area contributed by atoms with E-state index in [9.17, 15) is 4.79 Å². The van der Waals surface area contributed by atoms with E-state index in [0.29, 0.717) is 19.2 Å². The molecule has 0 aliphatic carbocycles. The van der Waals surface area contributed by atoms with Crippen molar-refractivity contribution in [3.63, 3.8) is 0 Å². The van der Waals surface area contributed by atoms with Gasteiger partial charge in [0.05, 0.1) is 0 Å². The maximum atomic E-state index is 11.1. The lowest BCUT2D eigenvalue weighted by Crippen LogP contribution is -2.43. The van der Waals surface area contributed by atoms with Crippen molar-refractivity contribution in [2.45, 2.75) is 44.8 Å². The van der Waals surface area contributed by atoms with Crippen molar-refractivity contribution in [1.29, 1.82) is 0 Å². The molecule has 5 nitrogen and oxygen atoms in total. The SMILES string of the molecule is CCOC(CN1CCC(N2CCCCC2)C1)C(=O)O. The van der Waals surface area contributed by atoms with Crippen LogP contribution in [0.1, 0.15) is 32.6 Å². The zero-order valence-electron chi connectivity index (χ0n) is 11.9. The van der Waals surface area contributed by atoms with Crippen molar-refractivity contribution >= 4 is 5.97 Å². The first-order chi connectivity index (χ1) is 9.20. The van der Waals surface area contributed by atoms with Gasteiger partial charge in [0.1, 0.15) is 0 Å². The maximum Gasteiger partial charge on any atom is 0.334 e. The Bertz CT molecular complexity index is 292. The van der Waals surface area contributed by atoms with Crippen LogP contribution in [0.4, 0.5) is 0 Å². The van der Waals surface area contributed by atoms with Gasteiger partial charge in [-0.15, -0.1) is 0 Å². The maximum absolute atomic E-state index is 11.1. The van der Waals surface area contributed by atoms with Crippen LogP contribution in [-0.4, -0.2) is 72.4 Å². The summed E-state index contributed by atoms with van der Waals surface area (Å²) in [6, 6.07) is 0.622. The molecule has 2 unspecified atom stereocenters. The second kappa shape index (κ2) is 7.22. The minimum absolute atomic E-state index is 0.459. The minimum Gasteiger partial charge on any atom is -0.479 e. The number of likely N-dealkylation sites (tertiary alicyclic amines) is 2. The Morgan fingerprint density at radius 3 is 2.68 bits per heavy atom. The van der Waals surface area contributed by atoms with Gasteiger partial charge < -0.3 is 9.84 Å². The molecule has 0 bridgehead atoms. The summed E-state index contributed by atoms with van der Waals surface area (Å²) >= 11 is 0. The molecule has 0 radical (unpaired) electrons. The molecule has 19 heavy (non-hydrogen) atoms. The number of hydrogen-bond donors (Lipinski definition) is 1. The van der Waals surface area contributed by atoms with E-state index in [1.54, 1.807) is 0 Å². The van der Waals surface area contributed by atoms with Gasteiger partial charge in [0.2, 0.25) is 0 Å². The normalized spacial score (nSPS) is 27.5. The Hall–Kier alpha value is -0.650. The fourth-order valence-electron chi connectivity index (χ4n) is 3.20. The molecule has 0 aromatic rings. The van der Waals surface area contributed by atoms with Gasteiger partial charge in [-0.25, -0.2) is 4.79 Å². The third-order valence-electron chi connectivity index (χ3n) is 4.22. The van der Waals surface area contributed by atoms with Crippen LogP contribution in [0.2, 0.25) is 0 Å². The number of rotatable bonds is 6. The molecule has 2 rings (SSSR count). The monoisotopic (exact) mass is 270 g/mol. The van der Waals surface area contributed by atoms with Crippen LogP contribution in [0.3, 0.4) is 0 Å². The second-order valence-corrected chi connectivity index (χ2v) is 5.58.